The number of anilines is 1. The van der Waals surface area contributed by atoms with E-state index in [-0.39, 0.29) is 12.6 Å². The molecule has 0 saturated heterocycles. The number of nitrogens with two attached hydrogens (primary N) is 1. The van der Waals surface area contributed by atoms with Crippen molar-refractivity contribution >= 4 is 16.5 Å². The summed E-state index contributed by atoms with van der Waals surface area (Å²) in [7, 11) is 0. The van der Waals surface area contributed by atoms with E-state index in [0.29, 0.717) is 6.54 Å². The summed E-state index contributed by atoms with van der Waals surface area (Å²) in [5.74, 6) is 0. The fourth-order valence-electron chi connectivity index (χ4n) is 2.38. The largest absolute Gasteiger partial charge is 0.394 e. The minimum Gasteiger partial charge on any atom is -0.394 e. The topological polar surface area (TPSA) is 49.5 Å². The molecule has 1 unspecified atom stereocenters. The summed E-state index contributed by atoms with van der Waals surface area (Å²) in [5.41, 5.74) is 6.88. The number of hydrogen-bond acceptors (Lipinski definition) is 3. The molecule has 2 aromatic carbocycles. The second-order valence-electron chi connectivity index (χ2n) is 4.36. The standard InChI is InChI=1S/C15H20N2O/c1-2-17(13(10-16)11-18)15-9-5-7-12-6-3-4-8-14(12)15/h3-9,13,18H,2,10-11,16H2,1H3. The molecule has 2 aromatic rings. The summed E-state index contributed by atoms with van der Waals surface area (Å²) in [6.45, 7) is 3.44. The van der Waals surface area contributed by atoms with E-state index < -0.39 is 0 Å². The number of benzene rings is 2. The number of fused-ring (bicyclic) bond motifs is 1. The average Bonchev–Trinajstić information content (AvgIpc) is 2.44. The van der Waals surface area contributed by atoms with Gasteiger partial charge in [-0.05, 0) is 18.4 Å². The van der Waals surface area contributed by atoms with Crippen LogP contribution >= 0.6 is 0 Å². The number of aliphatic hydroxyl groups is 1. The maximum atomic E-state index is 9.44. The zero-order valence-electron chi connectivity index (χ0n) is 10.7. The van der Waals surface area contributed by atoms with Gasteiger partial charge in [0.1, 0.15) is 0 Å². The molecule has 3 N–H and O–H groups in total. The first-order valence-electron chi connectivity index (χ1n) is 6.37. The van der Waals surface area contributed by atoms with Crippen LogP contribution in [0.25, 0.3) is 10.8 Å². The number of aliphatic hydroxyl groups excluding tert-OH is 1. The van der Waals surface area contributed by atoms with Crippen LogP contribution in [0.4, 0.5) is 5.69 Å². The maximum absolute atomic E-state index is 9.44. The Balaban J connectivity index is 2.51. The third-order valence-electron chi connectivity index (χ3n) is 3.34. The van der Waals surface area contributed by atoms with Gasteiger partial charge in [0.25, 0.3) is 0 Å². The van der Waals surface area contributed by atoms with Crippen LogP contribution in [0.2, 0.25) is 0 Å². The van der Waals surface area contributed by atoms with Gasteiger partial charge >= 0.3 is 0 Å². The monoisotopic (exact) mass is 244 g/mol. The van der Waals surface area contributed by atoms with E-state index in [1.807, 2.05) is 18.2 Å². The Morgan fingerprint density at radius 2 is 1.89 bits per heavy atom. The minimum atomic E-state index is -0.0270. The summed E-state index contributed by atoms with van der Waals surface area (Å²) < 4.78 is 0. The highest BCUT2D eigenvalue weighted by molar-refractivity contribution is 5.94. The second-order valence-corrected chi connectivity index (χ2v) is 4.36. The molecular formula is C15H20N2O. The maximum Gasteiger partial charge on any atom is 0.0647 e. The van der Waals surface area contributed by atoms with Gasteiger partial charge in [0.2, 0.25) is 0 Å². The van der Waals surface area contributed by atoms with Gasteiger partial charge in [-0.1, -0.05) is 36.4 Å². The summed E-state index contributed by atoms with van der Waals surface area (Å²) in [5, 5.41) is 11.9. The van der Waals surface area contributed by atoms with Crippen LogP contribution in [-0.2, 0) is 0 Å². The van der Waals surface area contributed by atoms with Gasteiger partial charge in [-0.3, -0.25) is 0 Å². The number of nitrogens with zero attached hydrogens (tertiary/aromatic N) is 1. The molecule has 0 aliphatic heterocycles. The first kappa shape index (κ1) is 12.9. The van der Waals surface area contributed by atoms with E-state index in [1.54, 1.807) is 0 Å². The Labute approximate surface area is 108 Å². The molecule has 0 radical (unpaired) electrons. The lowest BCUT2D eigenvalue weighted by atomic mass is 10.1. The Morgan fingerprint density at radius 1 is 1.17 bits per heavy atom. The highest BCUT2D eigenvalue weighted by atomic mass is 16.3. The molecule has 0 aromatic heterocycles. The molecule has 0 fully saturated rings. The van der Waals surface area contributed by atoms with Crippen LogP contribution < -0.4 is 10.6 Å². The van der Waals surface area contributed by atoms with Crippen molar-refractivity contribution in [3.63, 3.8) is 0 Å². The number of hydrogen-bond donors (Lipinski definition) is 2. The number of rotatable bonds is 5. The first-order chi connectivity index (χ1) is 8.81. The predicted octanol–water partition coefficient (Wildman–Crippen LogP) is 1.99. The molecule has 0 bridgehead atoms. The van der Waals surface area contributed by atoms with Crippen molar-refractivity contribution in [1.29, 1.82) is 0 Å². The average molecular weight is 244 g/mol. The molecule has 0 amide bonds. The van der Waals surface area contributed by atoms with Gasteiger partial charge in [-0.2, -0.15) is 0 Å². The highest BCUT2D eigenvalue weighted by Gasteiger charge is 2.16. The van der Waals surface area contributed by atoms with Gasteiger partial charge < -0.3 is 15.7 Å². The van der Waals surface area contributed by atoms with Crippen LogP contribution in [-0.4, -0.2) is 30.8 Å². The highest BCUT2D eigenvalue weighted by Crippen LogP contribution is 2.27. The second kappa shape index (κ2) is 5.85. The van der Waals surface area contributed by atoms with Gasteiger partial charge in [0, 0.05) is 24.2 Å². The SMILES string of the molecule is CCN(c1cccc2ccccc12)C(CN)CO. The van der Waals surface area contributed by atoms with Crippen molar-refractivity contribution in [3.8, 4) is 0 Å². The van der Waals surface area contributed by atoms with E-state index >= 15 is 0 Å². The third-order valence-corrected chi connectivity index (χ3v) is 3.34. The van der Waals surface area contributed by atoms with Gasteiger partial charge in [-0.15, -0.1) is 0 Å². The quantitative estimate of drug-likeness (QED) is 0.845. The lowest BCUT2D eigenvalue weighted by Crippen LogP contribution is -2.43. The molecule has 18 heavy (non-hydrogen) atoms. The predicted molar refractivity (Wildman–Crippen MR) is 76.9 cm³/mol. The van der Waals surface area contributed by atoms with Crippen LogP contribution in [0.1, 0.15) is 6.92 Å². The lowest BCUT2D eigenvalue weighted by molar-refractivity contribution is 0.262. The molecule has 96 valence electrons. The fraction of sp³-hybridized carbons (Fsp3) is 0.333. The van der Waals surface area contributed by atoms with Crippen molar-refractivity contribution in [2.24, 2.45) is 5.73 Å². The van der Waals surface area contributed by atoms with Crippen LogP contribution in [0, 0.1) is 0 Å². The van der Waals surface area contributed by atoms with E-state index in [1.165, 1.54) is 10.8 Å². The summed E-state index contributed by atoms with van der Waals surface area (Å²) in [6, 6.07) is 14.5. The molecule has 2 rings (SSSR count). The molecule has 0 saturated carbocycles. The van der Waals surface area contributed by atoms with Crippen molar-refractivity contribution in [3.05, 3.63) is 42.5 Å². The first-order valence-corrected chi connectivity index (χ1v) is 6.37. The van der Waals surface area contributed by atoms with Crippen LogP contribution in [0.5, 0.6) is 0 Å². The normalized spacial score (nSPS) is 12.6. The van der Waals surface area contributed by atoms with Crippen molar-refractivity contribution in [1.82, 2.24) is 0 Å². The summed E-state index contributed by atoms with van der Waals surface area (Å²) in [6.07, 6.45) is 0. The molecule has 0 aliphatic carbocycles. The molecule has 3 heteroatoms. The van der Waals surface area contributed by atoms with Crippen LogP contribution in [0.3, 0.4) is 0 Å². The molecule has 3 nitrogen and oxygen atoms in total. The minimum absolute atomic E-state index is 0.0270. The number of likely N-dealkylation sites (N-methyl/N-ethyl adjacent to an activating group) is 1. The smallest absolute Gasteiger partial charge is 0.0647 e. The van der Waals surface area contributed by atoms with Gasteiger partial charge in [0.15, 0.2) is 0 Å². The summed E-state index contributed by atoms with van der Waals surface area (Å²) >= 11 is 0. The van der Waals surface area contributed by atoms with Crippen molar-refractivity contribution in [2.75, 3.05) is 24.6 Å². The Hall–Kier alpha value is -1.58. The van der Waals surface area contributed by atoms with E-state index in [0.717, 1.165) is 12.2 Å². The van der Waals surface area contributed by atoms with Crippen molar-refractivity contribution in [2.45, 2.75) is 13.0 Å². The van der Waals surface area contributed by atoms with E-state index in [2.05, 4.69) is 36.1 Å². The van der Waals surface area contributed by atoms with Crippen molar-refractivity contribution < 1.29 is 5.11 Å². The Kier molecular flexibility index (Phi) is 4.18. The van der Waals surface area contributed by atoms with Gasteiger partial charge in [0.05, 0.1) is 12.6 Å². The zero-order valence-corrected chi connectivity index (χ0v) is 10.7. The zero-order chi connectivity index (χ0) is 13.0. The third kappa shape index (κ3) is 2.33. The molecule has 0 spiro atoms. The van der Waals surface area contributed by atoms with Gasteiger partial charge in [-0.25, -0.2) is 0 Å². The van der Waals surface area contributed by atoms with Crippen LogP contribution in [0.15, 0.2) is 42.5 Å². The Bertz CT molecular complexity index is 503. The van der Waals surface area contributed by atoms with E-state index in [9.17, 15) is 5.11 Å². The molecule has 1 atom stereocenters. The molecule has 0 heterocycles. The Morgan fingerprint density at radius 3 is 2.56 bits per heavy atom. The fourth-order valence-corrected chi connectivity index (χ4v) is 2.38. The molecular weight excluding hydrogens is 224 g/mol. The summed E-state index contributed by atoms with van der Waals surface area (Å²) in [4.78, 5) is 2.17. The molecule has 0 aliphatic rings. The van der Waals surface area contributed by atoms with E-state index in [4.69, 9.17) is 5.73 Å². The lowest BCUT2D eigenvalue weighted by Gasteiger charge is -2.31.